The van der Waals surface area contributed by atoms with Gasteiger partial charge in [0.15, 0.2) is 5.78 Å². The molecule has 0 N–H and O–H groups in total. The van der Waals surface area contributed by atoms with E-state index in [1.165, 1.54) is 31.0 Å². The van der Waals surface area contributed by atoms with Crippen molar-refractivity contribution < 1.29 is 18.3 Å². The first kappa shape index (κ1) is 24.6. The molecule has 0 aliphatic rings. The summed E-state index contributed by atoms with van der Waals surface area (Å²) in [6.45, 7) is 1.62. The van der Waals surface area contributed by atoms with Gasteiger partial charge in [0.1, 0.15) is 22.5 Å². The summed E-state index contributed by atoms with van der Waals surface area (Å²) in [7, 11) is 1.54. The van der Waals surface area contributed by atoms with Crippen molar-refractivity contribution in [3.05, 3.63) is 92.6 Å². The molecule has 8 heteroatoms. The number of hydrogen-bond donors (Lipinski definition) is 0. The standard InChI is InChI=1S/C25H19BrF2N2O2S/c1-15-10-21(24(27)28)30-25(20(15)13-29)33-14-18-11-16(7-9-23(18)32-2)6-8-22(31)17-4-3-5-19(26)12-17/h3-12,24H,14H2,1-2H3/b8-6+. The fourth-order valence-corrected chi connectivity index (χ4v) is 4.53. The second-order valence-electron chi connectivity index (χ2n) is 7.02. The number of hydrogen-bond acceptors (Lipinski definition) is 5. The van der Waals surface area contributed by atoms with Crippen LogP contribution in [0.3, 0.4) is 0 Å². The van der Waals surface area contributed by atoms with Crippen molar-refractivity contribution in [1.29, 1.82) is 5.26 Å². The molecule has 0 unspecified atom stereocenters. The molecule has 0 atom stereocenters. The molecule has 0 aliphatic carbocycles. The summed E-state index contributed by atoms with van der Waals surface area (Å²) >= 11 is 4.54. The van der Waals surface area contributed by atoms with Gasteiger partial charge in [0.2, 0.25) is 0 Å². The average molecular weight is 529 g/mol. The summed E-state index contributed by atoms with van der Waals surface area (Å²) in [4.78, 5) is 16.4. The Bertz CT molecular complexity index is 1260. The van der Waals surface area contributed by atoms with Gasteiger partial charge in [-0.25, -0.2) is 13.8 Å². The van der Waals surface area contributed by atoms with E-state index in [0.29, 0.717) is 22.6 Å². The molecule has 3 aromatic rings. The van der Waals surface area contributed by atoms with Gasteiger partial charge < -0.3 is 4.74 Å². The van der Waals surface area contributed by atoms with Gasteiger partial charge >= 0.3 is 0 Å². The number of thioether (sulfide) groups is 1. The molecule has 0 amide bonds. The van der Waals surface area contributed by atoms with E-state index in [1.807, 2.05) is 24.3 Å². The molecule has 1 heterocycles. The van der Waals surface area contributed by atoms with E-state index in [2.05, 4.69) is 20.9 Å². The van der Waals surface area contributed by atoms with Crippen LogP contribution in [0.2, 0.25) is 0 Å². The first-order chi connectivity index (χ1) is 15.8. The number of aromatic nitrogens is 1. The Morgan fingerprint density at radius 1 is 1.27 bits per heavy atom. The van der Waals surface area contributed by atoms with E-state index in [9.17, 15) is 18.8 Å². The minimum absolute atomic E-state index is 0.134. The van der Waals surface area contributed by atoms with Crippen LogP contribution in [-0.2, 0) is 5.75 Å². The highest BCUT2D eigenvalue weighted by molar-refractivity contribution is 9.10. The van der Waals surface area contributed by atoms with E-state index >= 15 is 0 Å². The first-order valence-electron chi connectivity index (χ1n) is 9.80. The molecule has 2 aromatic carbocycles. The summed E-state index contributed by atoms with van der Waals surface area (Å²) in [6, 6.07) is 15.9. The van der Waals surface area contributed by atoms with Crippen LogP contribution in [0.1, 0.15) is 44.7 Å². The third kappa shape index (κ3) is 6.28. The van der Waals surface area contributed by atoms with E-state index in [1.54, 1.807) is 37.3 Å². The lowest BCUT2D eigenvalue weighted by Crippen LogP contribution is -1.99. The van der Waals surface area contributed by atoms with Gasteiger partial charge in [-0.1, -0.05) is 40.2 Å². The van der Waals surface area contributed by atoms with Crippen LogP contribution in [0.5, 0.6) is 5.75 Å². The van der Waals surface area contributed by atoms with E-state index in [0.717, 1.165) is 15.6 Å². The summed E-state index contributed by atoms with van der Waals surface area (Å²) < 4.78 is 32.6. The molecular weight excluding hydrogens is 510 g/mol. The van der Waals surface area contributed by atoms with Gasteiger partial charge in [0.05, 0.1) is 12.7 Å². The third-order valence-corrected chi connectivity index (χ3v) is 6.26. The first-order valence-corrected chi connectivity index (χ1v) is 11.6. The number of ether oxygens (including phenoxy) is 1. The summed E-state index contributed by atoms with van der Waals surface area (Å²) in [6.07, 6.45) is 0.476. The SMILES string of the molecule is COc1ccc(/C=C/C(=O)c2cccc(Br)c2)cc1CSc1nc(C(F)F)cc(C)c1C#N. The predicted molar refractivity (Wildman–Crippen MR) is 129 cm³/mol. The number of benzene rings is 2. The van der Waals surface area contributed by atoms with Gasteiger partial charge in [-0.05, 0) is 54.5 Å². The van der Waals surface area contributed by atoms with Crippen molar-refractivity contribution in [1.82, 2.24) is 4.98 Å². The summed E-state index contributed by atoms with van der Waals surface area (Å²) in [5.74, 6) is 0.821. The fraction of sp³-hybridized carbons (Fsp3) is 0.160. The number of ketones is 1. The number of alkyl halides is 2. The van der Waals surface area contributed by atoms with Crippen LogP contribution in [0, 0.1) is 18.3 Å². The summed E-state index contributed by atoms with van der Waals surface area (Å²) in [5.41, 5.74) is 2.50. The fourth-order valence-electron chi connectivity index (χ4n) is 3.09. The molecule has 3 rings (SSSR count). The number of pyridine rings is 1. The highest BCUT2D eigenvalue weighted by atomic mass is 79.9. The molecule has 0 bridgehead atoms. The smallest absolute Gasteiger partial charge is 0.280 e. The number of aryl methyl sites for hydroxylation is 1. The molecule has 0 saturated heterocycles. The van der Waals surface area contributed by atoms with E-state index in [-0.39, 0.29) is 22.1 Å². The molecule has 1 aromatic heterocycles. The molecule has 0 fully saturated rings. The maximum absolute atomic E-state index is 13.2. The highest BCUT2D eigenvalue weighted by Crippen LogP contribution is 2.32. The number of methoxy groups -OCH3 is 1. The zero-order chi connectivity index (χ0) is 24.0. The van der Waals surface area contributed by atoms with E-state index in [4.69, 9.17) is 4.74 Å². The second kappa shape index (κ2) is 11.2. The molecule has 33 heavy (non-hydrogen) atoms. The highest BCUT2D eigenvalue weighted by Gasteiger charge is 2.17. The number of allylic oxidation sites excluding steroid dienone is 1. The van der Waals surface area contributed by atoms with Crippen LogP contribution < -0.4 is 4.74 Å². The number of nitrogens with zero attached hydrogens (tertiary/aromatic N) is 2. The van der Waals surface area contributed by atoms with Crippen molar-refractivity contribution in [2.24, 2.45) is 0 Å². The maximum atomic E-state index is 13.2. The van der Waals surface area contributed by atoms with Crippen LogP contribution >= 0.6 is 27.7 Å². The minimum atomic E-state index is -2.72. The maximum Gasteiger partial charge on any atom is 0.280 e. The van der Waals surface area contributed by atoms with Crippen molar-refractivity contribution in [2.45, 2.75) is 24.1 Å². The molecule has 0 saturated carbocycles. The molecular formula is C25H19BrF2N2O2S. The largest absolute Gasteiger partial charge is 0.496 e. The lowest BCUT2D eigenvalue weighted by molar-refractivity contribution is 0.104. The average Bonchev–Trinajstić information content (AvgIpc) is 2.80. The Morgan fingerprint density at radius 3 is 2.73 bits per heavy atom. The zero-order valence-corrected chi connectivity index (χ0v) is 20.2. The van der Waals surface area contributed by atoms with Crippen molar-refractivity contribution >= 4 is 39.6 Å². The van der Waals surface area contributed by atoms with Gasteiger partial charge in [-0.3, -0.25) is 4.79 Å². The zero-order valence-electron chi connectivity index (χ0n) is 17.8. The van der Waals surface area contributed by atoms with Gasteiger partial charge in [-0.2, -0.15) is 5.26 Å². The molecule has 168 valence electrons. The topological polar surface area (TPSA) is 63.0 Å². The Hall–Kier alpha value is -3.02. The third-order valence-electron chi connectivity index (χ3n) is 4.74. The molecule has 0 radical (unpaired) electrons. The number of rotatable bonds is 8. The van der Waals surface area contributed by atoms with Gasteiger partial charge in [0.25, 0.3) is 6.43 Å². The van der Waals surface area contributed by atoms with Crippen molar-refractivity contribution in [2.75, 3.05) is 7.11 Å². The lowest BCUT2D eigenvalue weighted by atomic mass is 10.1. The Kier molecular flexibility index (Phi) is 8.37. The normalized spacial score (nSPS) is 11.1. The van der Waals surface area contributed by atoms with Crippen LogP contribution in [0.15, 0.2) is 64.1 Å². The van der Waals surface area contributed by atoms with E-state index < -0.39 is 6.43 Å². The Balaban J connectivity index is 1.84. The molecule has 4 nitrogen and oxygen atoms in total. The number of nitriles is 1. The Labute approximate surface area is 203 Å². The van der Waals surface area contributed by atoms with Gasteiger partial charge in [-0.15, -0.1) is 11.8 Å². The summed E-state index contributed by atoms with van der Waals surface area (Å²) in [5, 5.41) is 9.69. The number of halogens is 3. The van der Waals surface area contributed by atoms with Crippen LogP contribution in [-0.4, -0.2) is 17.9 Å². The number of carbonyl (C=O) groups is 1. The molecule has 0 aliphatic heterocycles. The minimum Gasteiger partial charge on any atom is -0.496 e. The number of carbonyl (C=O) groups excluding carboxylic acids is 1. The van der Waals surface area contributed by atoms with Gasteiger partial charge in [0, 0.05) is 21.4 Å². The Morgan fingerprint density at radius 2 is 2.06 bits per heavy atom. The van der Waals surface area contributed by atoms with Crippen molar-refractivity contribution in [3.63, 3.8) is 0 Å². The monoisotopic (exact) mass is 528 g/mol. The van der Waals surface area contributed by atoms with Crippen molar-refractivity contribution in [3.8, 4) is 11.8 Å². The van der Waals surface area contributed by atoms with Crippen LogP contribution in [0.4, 0.5) is 8.78 Å². The quantitative estimate of drug-likeness (QED) is 0.176. The predicted octanol–water partition coefficient (Wildman–Crippen LogP) is 7.16. The molecule has 0 spiro atoms. The van der Waals surface area contributed by atoms with Crippen LogP contribution in [0.25, 0.3) is 6.08 Å². The second-order valence-corrected chi connectivity index (χ2v) is 8.90. The lowest BCUT2D eigenvalue weighted by Gasteiger charge is -2.12.